The molecule has 4 N–H and O–H groups in total. The van der Waals surface area contributed by atoms with Gasteiger partial charge in [-0.15, -0.1) is 0 Å². The Bertz CT molecular complexity index is 761. The highest BCUT2D eigenvalue weighted by Crippen LogP contribution is 2.18. The Morgan fingerprint density at radius 3 is 2.74 bits per heavy atom. The van der Waals surface area contributed by atoms with Crippen molar-refractivity contribution in [1.29, 1.82) is 0 Å². The average Bonchev–Trinajstić information content (AvgIpc) is 2.66. The van der Waals surface area contributed by atoms with Gasteiger partial charge in [0.25, 0.3) is 0 Å². The Morgan fingerprint density at radius 2 is 2.07 bits per heavy atom. The van der Waals surface area contributed by atoms with E-state index in [4.69, 9.17) is 16.7 Å². The zero-order valence-electron chi connectivity index (χ0n) is 15.3. The molecule has 2 aromatic rings. The molecule has 0 aliphatic carbocycles. The van der Waals surface area contributed by atoms with E-state index in [0.717, 1.165) is 5.56 Å². The van der Waals surface area contributed by atoms with Crippen LogP contribution in [0.5, 0.6) is 0 Å². The van der Waals surface area contributed by atoms with Gasteiger partial charge < -0.3 is 25.7 Å². The number of anilines is 2. The van der Waals surface area contributed by atoms with E-state index in [1.807, 2.05) is 0 Å². The molecule has 1 heterocycles. The summed E-state index contributed by atoms with van der Waals surface area (Å²) in [5.41, 5.74) is 0.729. The first kappa shape index (κ1) is 20.9. The molecule has 1 aromatic heterocycles. The number of carbonyl (C=O) groups excluding carboxylic acids is 1. The Labute approximate surface area is 163 Å². The quantitative estimate of drug-likeness (QED) is 0.506. The number of carbonyl (C=O) groups is 1. The maximum Gasteiger partial charge on any atom is 0.240 e. The Kier molecular flexibility index (Phi) is 7.78. The molecule has 8 nitrogen and oxygen atoms in total. The van der Waals surface area contributed by atoms with Crippen LogP contribution in [0.15, 0.2) is 36.5 Å². The number of likely N-dealkylation sites (N-methyl/N-ethyl adjacent to an activating group) is 1. The molecule has 0 fully saturated rings. The van der Waals surface area contributed by atoms with E-state index in [1.54, 1.807) is 55.4 Å². The summed E-state index contributed by atoms with van der Waals surface area (Å²) < 4.78 is 0. The third kappa shape index (κ3) is 6.35. The van der Waals surface area contributed by atoms with Gasteiger partial charge in [-0.3, -0.25) is 4.79 Å². The zero-order valence-corrected chi connectivity index (χ0v) is 16.0. The van der Waals surface area contributed by atoms with Gasteiger partial charge in [0.2, 0.25) is 11.9 Å². The molecule has 2 rings (SSSR count). The highest BCUT2D eigenvalue weighted by Gasteiger charge is 2.16. The number of aliphatic hydroxyl groups excluding tert-OH is 2. The van der Waals surface area contributed by atoms with Crippen molar-refractivity contribution in [2.24, 2.45) is 0 Å². The molecule has 1 aromatic carbocycles. The van der Waals surface area contributed by atoms with Crippen LogP contribution < -0.4 is 15.5 Å². The van der Waals surface area contributed by atoms with Gasteiger partial charge >= 0.3 is 0 Å². The second-order valence-electron chi connectivity index (χ2n) is 6.18. The van der Waals surface area contributed by atoms with E-state index in [1.165, 1.54) is 0 Å². The number of hydrogen-bond acceptors (Lipinski definition) is 7. The fourth-order valence-corrected chi connectivity index (χ4v) is 2.59. The number of nitrogens with zero attached hydrogens (tertiary/aromatic N) is 3. The van der Waals surface area contributed by atoms with Crippen LogP contribution in [0.4, 0.5) is 11.8 Å². The van der Waals surface area contributed by atoms with Gasteiger partial charge in [-0.1, -0.05) is 23.7 Å². The predicted octanol–water partition coefficient (Wildman–Crippen LogP) is 1.21. The Morgan fingerprint density at radius 1 is 1.30 bits per heavy atom. The van der Waals surface area contributed by atoms with Crippen LogP contribution in [-0.4, -0.2) is 58.9 Å². The fourth-order valence-electron chi connectivity index (χ4n) is 2.39. The monoisotopic (exact) mass is 393 g/mol. The molecule has 0 radical (unpaired) electrons. The third-order valence-electron chi connectivity index (χ3n) is 3.83. The number of amides is 1. The molecule has 2 atom stereocenters. The molecule has 1 amide bonds. The van der Waals surface area contributed by atoms with E-state index in [9.17, 15) is 9.90 Å². The molecule has 0 aliphatic heterocycles. The first-order valence-corrected chi connectivity index (χ1v) is 8.88. The molecular weight excluding hydrogens is 370 g/mol. The lowest BCUT2D eigenvalue weighted by atomic mass is 10.1. The maximum atomic E-state index is 12.4. The summed E-state index contributed by atoms with van der Waals surface area (Å²) in [6.45, 7) is 1.56. The van der Waals surface area contributed by atoms with E-state index in [0.29, 0.717) is 16.8 Å². The minimum atomic E-state index is -0.544. The van der Waals surface area contributed by atoms with Crippen molar-refractivity contribution in [3.8, 4) is 0 Å². The molecular formula is C18H24ClN5O3. The summed E-state index contributed by atoms with van der Waals surface area (Å²) in [5.74, 6) is 0.651. The van der Waals surface area contributed by atoms with Crippen molar-refractivity contribution in [3.63, 3.8) is 0 Å². The molecule has 27 heavy (non-hydrogen) atoms. The molecule has 2 unspecified atom stereocenters. The van der Waals surface area contributed by atoms with E-state index in [-0.39, 0.29) is 31.7 Å². The normalized spacial score (nSPS) is 12.9. The molecule has 9 heteroatoms. The van der Waals surface area contributed by atoms with Crippen LogP contribution in [0, 0.1) is 0 Å². The molecule has 0 aliphatic rings. The van der Waals surface area contributed by atoms with Crippen molar-refractivity contribution in [2.45, 2.75) is 19.0 Å². The van der Waals surface area contributed by atoms with Crippen molar-refractivity contribution in [2.75, 3.05) is 37.0 Å². The molecule has 0 saturated heterocycles. The first-order valence-electron chi connectivity index (χ1n) is 8.50. The van der Waals surface area contributed by atoms with Gasteiger partial charge in [0.05, 0.1) is 25.8 Å². The number of nitrogens with one attached hydrogen (secondary N) is 2. The lowest BCUT2D eigenvalue weighted by molar-refractivity contribution is -0.120. The Balaban J connectivity index is 1.99. The second kappa shape index (κ2) is 10.1. The smallest absolute Gasteiger partial charge is 0.240 e. The Hall–Kier alpha value is -2.42. The number of aliphatic hydroxyl groups is 2. The molecule has 0 saturated carbocycles. The van der Waals surface area contributed by atoms with Crippen LogP contribution in [0.1, 0.15) is 18.5 Å². The zero-order chi connectivity index (χ0) is 19.8. The summed E-state index contributed by atoms with van der Waals surface area (Å²) >= 11 is 5.97. The summed E-state index contributed by atoms with van der Waals surface area (Å²) in [4.78, 5) is 22.5. The van der Waals surface area contributed by atoms with E-state index in [2.05, 4.69) is 20.6 Å². The van der Waals surface area contributed by atoms with Gasteiger partial charge in [-0.25, -0.2) is 4.98 Å². The highest BCUT2D eigenvalue weighted by atomic mass is 35.5. The molecule has 0 spiro atoms. The van der Waals surface area contributed by atoms with Gasteiger partial charge in [-0.05, 0) is 30.7 Å². The number of aromatic nitrogens is 2. The predicted molar refractivity (Wildman–Crippen MR) is 105 cm³/mol. The fraction of sp³-hybridized carbons (Fsp3) is 0.389. The highest BCUT2D eigenvalue weighted by molar-refractivity contribution is 6.30. The minimum Gasteiger partial charge on any atom is -0.394 e. The number of benzene rings is 1. The third-order valence-corrected chi connectivity index (χ3v) is 4.07. The van der Waals surface area contributed by atoms with E-state index >= 15 is 0 Å². The van der Waals surface area contributed by atoms with Gasteiger partial charge in [-0.2, -0.15) is 4.98 Å². The van der Waals surface area contributed by atoms with Crippen LogP contribution in [0.3, 0.4) is 0 Å². The minimum absolute atomic E-state index is 0.0438. The van der Waals surface area contributed by atoms with Gasteiger partial charge in [0, 0.05) is 24.3 Å². The van der Waals surface area contributed by atoms with Gasteiger partial charge in [0.15, 0.2) is 0 Å². The van der Waals surface area contributed by atoms with Crippen LogP contribution >= 0.6 is 11.6 Å². The summed E-state index contributed by atoms with van der Waals surface area (Å²) in [7, 11) is 1.73. The summed E-state index contributed by atoms with van der Waals surface area (Å²) in [5, 5.41) is 25.0. The van der Waals surface area contributed by atoms with Crippen LogP contribution in [-0.2, 0) is 4.79 Å². The van der Waals surface area contributed by atoms with Crippen molar-refractivity contribution >= 4 is 29.3 Å². The average molecular weight is 394 g/mol. The van der Waals surface area contributed by atoms with Crippen LogP contribution in [0.2, 0.25) is 5.02 Å². The van der Waals surface area contributed by atoms with Crippen molar-refractivity contribution < 1.29 is 15.0 Å². The number of halogens is 1. The van der Waals surface area contributed by atoms with Crippen LogP contribution in [0.25, 0.3) is 0 Å². The topological polar surface area (TPSA) is 111 Å². The maximum absolute atomic E-state index is 12.4. The molecule has 146 valence electrons. The van der Waals surface area contributed by atoms with E-state index < -0.39 is 6.04 Å². The van der Waals surface area contributed by atoms with Crippen molar-refractivity contribution in [3.05, 3.63) is 47.1 Å². The summed E-state index contributed by atoms with van der Waals surface area (Å²) in [6, 6.07) is 7.95. The second-order valence-corrected chi connectivity index (χ2v) is 6.62. The standard InChI is InChI=1S/C18H24ClN5O3/c1-12(10-25)21-18-20-7-6-16(23-18)24(2)9-17(27)22-15(11-26)13-4-3-5-14(19)8-13/h3-8,12,15,25-26H,9-11H2,1-2H3,(H,22,27)(H,20,21,23). The largest absolute Gasteiger partial charge is 0.394 e. The van der Waals surface area contributed by atoms with Crippen molar-refractivity contribution in [1.82, 2.24) is 15.3 Å². The number of rotatable bonds is 9. The first-order chi connectivity index (χ1) is 12.9. The SMILES string of the molecule is CC(CO)Nc1nccc(N(C)CC(=O)NC(CO)c2cccc(Cl)c2)n1. The van der Waals surface area contributed by atoms with Gasteiger partial charge in [0.1, 0.15) is 5.82 Å². The number of hydrogen-bond donors (Lipinski definition) is 4. The summed E-state index contributed by atoms with van der Waals surface area (Å²) in [6.07, 6.45) is 1.58. The molecule has 0 bridgehead atoms. The lowest BCUT2D eigenvalue weighted by Gasteiger charge is -2.22. The lowest BCUT2D eigenvalue weighted by Crippen LogP contribution is -2.38.